The van der Waals surface area contributed by atoms with Gasteiger partial charge in [-0.2, -0.15) is 0 Å². The molecule has 196 valence electrons. The van der Waals surface area contributed by atoms with Crippen molar-refractivity contribution in [3.8, 4) is 0 Å². The fourth-order valence-corrected chi connectivity index (χ4v) is 6.89. The summed E-state index contributed by atoms with van der Waals surface area (Å²) in [5.74, 6) is -2.23. The van der Waals surface area contributed by atoms with Crippen LogP contribution in [0.15, 0.2) is 33.9 Å². The van der Waals surface area contributed by atoms with Gasteiger partial charge in [0.15, 0.2) is 6.10 Å². The number of amides is 4. The Balaban J connectivity index is 1.58. The number of hydrogen-bond donors (Lipinski definition) is 3. The Hall–Kier alpha value is -2.93. The molecule has 4 rings (SSSR count). The zero-order valence-electron chi connectivity index (χ0n) is 19.7. The fourth-order valence-electron chi connectivity index (χ4n) is 4.86. The summed E-state index contributed by atoms with van der Waals surface area (Å²) in [6.07, 6.45) is 6.03. The van der Waals surface area contributed by atoms with Crippen LogP contribution < -0.4 is 15.8 Å². The molecule has 11 nitrogen and oxygen atoms in total. The summed E-state index contributed by atoms with van der Waals surface area (Å²) in [5, 5.41) is 4.35. The van der Waals surface area contributed by atoms with E-state index in [1.165, 1.54) is 11.0 Å². The van der Waals surface area contributed by atoms with Crippen molar-refractivity contribution in [1.29, 1.82) is 0 Å². The minimum absolute atomic E-state index is 0.00322. The summed E-state index contributed by atoms with van der Waals surface area (Å²) in [6, 6.07) is 2.09. The van der Waals surface area contributed by atoms with E-state index >= 15 is 0 Å². The van der Waals surface area contributed by atoms with Gasteiger partial charge in [-0.05, 0) is 56.4 Å². The van der Waals surface area contributed by atoms with Gasteiger partial charge in [-0.3, -0.25) is 14.4 Å². The molecule has 4 atom stereocenters. The zero-order valence-corrected chi connectivity index (χ0v) is 21.3. The quantitative estimate of drug-likeness (QED) is 0.488. The van der Waals surface area contributed by atoms with Gasteiger partial charge in [-0.25, -0.2) is 17.9 Å². The number of carbonyl (C=O) groups excluding carboxylic acids is 4. The Kier molecular flexibility index (Phi) is 7.69. The molecule has 36 heavy (non-hydrogen) atoms. The number of hydrogen-bond acceptors (Lipinski definition) is 8. The Bertz CT molecular complexity index is 1150. The first kappa shape index (κ1) is 26.1. The van der Waals surface area contributed by atoms with Crippen molar-refractivity contribution in [1.82, 2.24) is 14.9 Å². The van der Waals surface area contributed by atoms with Gasteiger partial charge in [-0.1, -0.05) is 24.6 Å². The third-order valence-corrected chi connectivity index (χ3v) is 9.56. The largest absolute Gasteiger partial charge is 0.436 e. The number of primary amides is 1. The van der Waals surface area contributed by atoms with E-state index in [-0.39, 0.29) is 16.5 Å². The highest BCUT2D eigenvalue weighted by atomic mass is 32.2. The number of carbonyl (C=O) groups is 4. The van der Waals surface area contributed by atoms with Crippen molar-refractivity contribution in [2.75, 3.05) is 6.54 Å². The van der Waals surface area contributed by atoms with E-state index in [4.69, 9.17) is 10.5 Å². The second kappa shape index (κ2) is 10.6. The number of sulfonamides is 1. The molecule has 4 amide bonds. The van der Waals surface area contributed by atoms with Crippen LogP contribution in [0, 0.1) is 5.92 Å². The van der Waals surface area contributed by atoms with Crippen LogP contribution in [0.3, 0.4) is 0 Å². The molecule has 0 radical (unpaired) electrons. The van der Waals surface area contributed by atoms with Gasteiger partial charge in [-0.15, -0.1) is 11.3 Å². The lowest BCUT2D eigenvalue weighted by Crippen LogP contribution is -2.57. The summed E-state index contributed by atoms with van der Waals surface area (Å²) in [5.41, 5.74) is 3.75. The second-order valence-corrected chi connectivity index (χ2v) is 12.2. The lowest BCUT2D eigenvalue weighted by atomic mass is 10.1. The van der Waals surface area contributed by atoms with Crippen LogP contribution in [0.2, 0.25) is 0 Å². The number of allylic oxidation sites excluding steroid dienone is 1. The molecule has 4 N–H and O–H groups in total. The highest BCUT2D eigenvalue weighted by molar-refractivity contribution is 7.92. The topological polar surface area (TPSA) is 165 Å². The number of ether oxygens (including phenoxy) is 1. The maximum absolute atomic E-state index is 13.4. The number of nitrogens with zero attached hydrogens (tertiary/aromatic N) is 1. The molecule has 0 aromatic carbocycles. The maximum atomic E-state index is 13.4. The van der Waals surface area contributed by atoms with Gasteiger partial charge >= 0.3 is 6.09 Å². The van der Waals surface area contributed by atoms with E-state index in [1.54, 1.807) is 11.4 Å². The second-order valence-electron chi connectivity index (χ2n) is 9.32. The predicted octanol–water partition coefficient (Wildman–Crippen LogP) is 1.40. The third kappa shape index (κ3) is 5.56. The van der Waals surface area contributed by atoms with Crippen molar-refractivity contribution in [3.63, 3.8) is 0 Å². The molecule has 1 saturated carbocycles. The van der Waals surface area contributed by atoms with Crippen LogP contribution in [0.4, 0.5) is 4.79 Å². The van der Waals surface area contributed by atoms with Gasteiger partial charge in [0.05, 0.1) is 0 Å². The number of rotatable bonds is 4. The number of fused-ring (bicyclic) bond motifs is 2. The normalized spacial score (nSPS) is 30.1. The molecule has 0 bridgehead atoms. The molecule has 2 aliphatic heterocycles. The first-order valence-corrected chi connectivity index (χ1v) is 14.4. The molecular formula is C23H30N4O7S2. The van der Waals surface area contributed by atoms with Crippen LogP contribution in [-0.2, 0) is 29.1 Å². The van der Waals surface area contributed by atoms with Crippen molar-refractivity contribution in [2.24, 2.45) is 11.7 Å². The fraction of sp³-hybridized carbons (Fsp3) is 0.565. The minimum atomic E-state index is -4.09. The summed E-state index contributed by atoms with van der Waals surface area (Å²) in [7, 11) is -4.09. The lowest BCUT2D eigenvalue weighted by Gasteiger charge is -2.29. The van der Waals surface area contributed by atoms with Gasteiger partial charge in [0, 0.05) is 12.5 Å². The first-order valence-electron chi connectivity index (χ1n) is 12.0. The van der Waals surface area contributed by atoms with Crippen LogP contribution >= 0.6 is 11.3 Å². The molecule has 4 unspecified atom stereocenters. The Morgan fingerprint density at radius 3 is 2.72 bits per heavy atom. The third-order valence-electron chi connectivity index (χ3n) is 6.83. The average Bonchev–Trinajstić information content (AvgIpc) is 3.21. The molecule has 2 fully saturated rings. The van der Waals surface area contributed by atoms with Gasteiger partial charge in [0.1, 0.15) is 15.8 Å². The molecule has 3 heterocycles. The van der Waals surface area contributed by atoms with Gasteiger partial charge < -0.3 is 20.7 Å². The Morgan fingerprint density at radius 1 is 1.19 bits per heavy atom. The molecule has 1 aromatic heterocycles. The molecular weight excluding hydrogens is 508 g/mol. The van der Waals surface area contributed by atoms with Crippen molar-refractivity contribution in [3.05, 3.63) is 29.7 Å². The molecule has 1 saturated heterocycles. The van der Waals surface area contributed by atoms with E-state index < -0.39 is 51.5 Å². The molecule has 1 aliphatic carbocycles. The van der Waals surface area contributed by atoms with Crippen molar-refractivity contribution in [2.45, 2.75) is 73.3 Å². The minimum Gasteiger partial charge on any atom is -0.436 e. The average molecular weight is 539 g/mol. The highest BCUT2D eigenvalue weighted by Gasteiger charge is 2.61. The number of nitrogens with two attached hydrogens (primary N) is 1. The lowest BCUT2D eigenvalue weighted by molar-refractivity contribution is -0.146. The SMILES string of the molecule is NC(=O)OC1CCCCC/C=C/C2CC2(C(=O)NS(=O)(=O)c2cccs2)NC(=O)C2CCCN2C1=O. The van der Waals surface area contributed by atoms with Gasteiger partial charge in [0.2, 0.25) is 5.91 Å². The summed E-state index contributed by atoms with van der Waals surface area (Å²) >= 11 is 0.981. The van der Waals surface area contributed by atoms with Crippen LogP contribution in [0.25, 0.3) is 0 Å². The standard InChI is InChI=1S/C23H30N4O7S2/c24-22(31)34-17-10-5-3-1-2-4-8-15-14-23(15,21(30)26-36(32,33)18-11-7-13-35-18)25-19(28)16-9-6-12-27(16)20(17)29/h4,7-8,11,13,15-17H,1-3,5-6,9-10,12,14H2,(H2,24,31)(H,25,28)(H,26,30)/b8-4+. The van der Waals surface area contributed by atoms with Gasteiger partial charge in [0.25, 0.3) is 21.8 Å². The number of nitrogens with one attached hydrogen (secondary N) is 2. The zero-order chi connectivity index (χ0) is 25.9. The summed E-state index contributed by atoms with van der Waals surface area (Å²) < 4.78 is 32.6. The Morgan fingerprint density at radius 2 is 2.00 bits per heavy atom. The molecule has 0 spiro atoms. The van der Waals surface area contributed by atoms with E-state index in [0.717, 1.165) is 24.2 Å². The van der Waals surface area contributed by atoms with Crippen molar-refractivity contribution < 1.29 is 32.3 Å². The monoisotopic (exact) mass is 538 g/mol. The van der Waals surface area contributed by atoms with Crippen LogP contribution in [-0.4, -0.2) is 61.4 Å². The van der Waals surface area contributed by atoms with E-state index in [2.05, 4.69) is 10.0 Å². The number of thiophene rings is 1. The molecule has 13 heteroatoms. The van der Waals surface area contributed by atoms with Crippen LogP contribution in [0.1, 0.15) is 51.4 Å². The van der Waals surface area contributed by atoms with E-state index in [9.17, 15) is 27.6 Å². The summed E-state index contributed by atoms with van der Waals surface area (Å²) in [4.78, 5) is 52.6. The Labute approximate surface area is 213 Å². The van der Waals surface area contributed by atoms with Crippen LogP contribution in [0.5, 0.6) is 0 Å². The van der Waals surface area contributed by atoms with E-state index in [1.807, 2.05) is 12.2 Å². The predicted molar refractivity (Wildman–Crippen MR) is 130 cm³/mol. The van der Waals surface area contributed by atoms with Crippen molar-refractivity contribution >= 4 is 45.2 Å². The van der Waals surface area contributed by atoms with E-state index in [0.29, 0.717) is 38.6 Å². The summed E-state index contributed by atoms with van der Waals surface area (Å²) in [6.45, 7) is 0.296. The molecule has 1 aromatic rings. The smallest absolute Gasteiger partial charge is 0.405 e. The molecule has 3 aliphatic rings. The maximum Gasteiger partial charge on any atom is 0.405 e. The first-order chi connectivity index (χ1) is 17.1. The highest BCUT2D eigenvalue weighted by Crippen LogP contribution is 2.45.